The number of aliphatic hydroxyl groups is 2. The van der Waals surface area contributed by atoms with Crippen molar-refractivity contribution in [2.45, 2.75) is 174 Å². The molecular formula is C45H77O10P. The summed E-state index contributed by atoms with van der Waals surface area (Å²) < 4.78 is 32.5. The molecule has 3 N–H and O–H groups in total. The topological polar surface area (TPSA) is 149 Å². The summed E-state index contributed by atoms with van der Waals surface area (Å²) in [6.45, 7) is 2.00. The van der Waals surface area contributed by atoms with E-state index in [9.17, 15) is 29.3 Å². The van der Waals surface area contributed by atoms with Gasteiger partial charge in [0.1, 0.15) is 12.2 Å². The fourth-order valence-corrected chi connectivity index (χ4v) is 6.22. The normalized spacial score (nSPS) is 14.6. The van der Waals surface area contributed by atoms with E-state index in [-0.39, 0.29) is 12.8 Å². The molecule has 0 saturated carbocycles. The maximum Gasteiger partial charge on any atom is 0.472 e. The molecule has 0 aliphatic carbocycles. The molecular weight excluding hydrogens is 731 g/mol. The van der Waals surface area contributed by atoms with Crippen molar-refractivity contribution in [1.29, 1.82) is 0 Å². The second-order valence-electron chi connectivity index (χ2n) is 13.9. The van der Waals surface area contributed by atoms with Crippen LogP contribution in [0.2, 0.25) is 0 Å². The van der Waals surface area contributed by atoms with Crippen LogP contribution in [0.3, 0.4) is 0 Å². The van der Waals surface area contributed by atoms with E-state index in [1.807, 2.05) is 12.2 Å². The highest BCUT2D eigenvalue weighted by molar-refractivity contribution is 7.47. The van der Waals surface area contributed by atoms with Crippen LogP contribution in [0.1, 0.15) is 162 Å². The molecule has 0 fully saturated rings. The Hall–Kier alpha value is -2.59. The Balaban J connectivity index is 4.05. The quantitative estimate of drug-likeness (QED) is 0.0237. The van der Waals surface area contributed by atoms with E-state index in [1.165, 1.54) is 64.2 Å². The number of carbonyl (C=O) groups is 2. The minimum atomic E-state index is -4.66. The van der Waals surface area contributed by atoms with Crippen molar-refractivity contribution in [1.82, 2.24) is 0 Å². The molecule has 3 unspecified atom stereocenters. The Bertz CT molecular complexity index is 1160. The van der Waals surface area contributed by atoms with Gasteiger partial charge in [-0.1, -0.05) is 170 Å². The van der Waals surface area contributed by atoms with E-state index in [1.54, 1.807) is 0 Å². The fourth-order valence-electron chi connectivity index (χ4n) is 5.43. The first-order valence-electron chi connectivity index (χ1n) is 21.4. The molecule has 0 radical (unpaired) electrons. The molecule has 322 valence electrons. The number of hydrogen-bond donors (Lipinski definition) is 3. The predicted molar refractivity (Wildman–Crippen MR) is 228 cm³/mol. The van der Waals surface area contributed by atoms with Crippen LogP contribution in [0.5, 0.6) is 0 Å². The maximum absolute atomic E-state index is 12.3. The molecule has 0 aromatic heterocycles. The SMILES string of the molecule is CC/C=C\C/C=C\C/C=C\C/C=C\C/C=C\C/C=C\CCC(=O)OC(CO)COP(=O)(O)OCC(CO)OC(=O)CCCCCCCCCCCCCCCC. The number of ether oxygens (including phenoxy) is 2. The average Bonchev–Trinajstić information content (AvgIpc) is 3.19. The number of allylic oxidation sites excluding steroid dienone is 12. The third-order valence-corrected chi connectivity index (χ3v) is 9.65. The van der Waals surface area contributed by atoms with Crippen LogP contribution >= 0.6 is 7.82 Å². The van der Waals surface area contributed by atoms with Crippen molar-refractivity contribution in [3.63, 3.8) is 0 Å². The van der Waals surface area contributed by atoms with Crippen LogP contribution < -0.4 is 0 Å². The van der Waals surface area contributed by atoms with Gasteiger partial charge >= 0.3 is 19.8 Å². The molecule has 10 nitrogen and oxygen atoms in total. The minimum absolute atomic E-state index is 0.0643. The van der Waals surface area contributed by atoms with Gasteiger partial charge in [-0.25, -0.2) is 4.57 Å². The molecule has 11 heteroatoms. The van der Waals surface area contributed by atoms with Gasteiger partial charge in [-0.05, 0) is 51.4 Å². The summed E-state index contributed by atoms with van der Waals surface area (Å²) in [6.07, 6.45) is 46.0. The summed E-state index contributed by atoms with van der Waals surface area (Å²) in [4.78, 5) is 34.5. The number of hydrogen-bond acceptors (Lipinski definition) is 9. The first kappa shape index (κ1) is 53.4. The molecule has 56 heavy (non-hydrogen) atoms. The Labute approximate surface area is 339 Å². The summed E-state index contributed by atoms with van der Waals surface area (Å²) in [5, 5.41) is 19.1. The van der Waals surface area contributed by atoms with Gasteiger partial charge in [0.05, 0.1) is 26.4 Å². The van der Waals surface area contributed by atoms with Crippen LogP contribution in [-0.4, -0.2) is 65.7 Å². The second kappa shape index (κ2) is 40.6. The zero-order valence-electron chi connectivity index (χ0n) is 34.8. The first-order valence-corrected chi connectivity index (χ1v) is 22.9. The monoisotopic (exact) mass is 809 g/mol. The molecule has 0 rings (SSSR count). The van der Waals surface area contributed by atoms with Crippen molar-refractivity contribution in [2.24, 2.45) is 0 Å². The predicted octanol–water partition coefficient (Wildman–Crippen LogP) is 11.3. The number of aliphatic hydroxyl groups excluding tert-OH is 2. The summed E-state index contributed by atoms with van der Waals surface area (Å²) in [5.41, 5.74) is 0. The smallest absolute Gasteiger partial charge is 0.457 e. The van der Waals surface area contributed by atoms with Gasteiger partial charge in [-0.2, -0.15) is 0 Å². The first-order chi connectivity index (χ1) is 27.3. The van der Waals surface area contributed by atoms with Crippen LogP contribution in [0, 0.1) is 0 Å². The molecule has 0 amide bonds. The third kappa shape index (κ3) is 38.3. The van der Waals surface area contributed by atoms with Gasteiger partial charge in [0.2, 0.25) is 0 Å². The van der Waals surface area contributed by atoms with E-state index in [0.29, 0.717) is 12.8 Å². The van der Waals surface area contributed by atoms with Crippen molar-refractivity contribution in [2.75, 3.05) is 26.4 Å². The van der Waals surface area contributed by atoms with Crippen LogP contribution in [0.25, 0.3) is 0 Å². The molecule has 0 aliphatic heterocycles. The Morgan fingerprint density at radius 3 is 1.21 bits per heavy atom. The number of phosphoric ester groups is 1. The molecule has 0 bridgehead atoms. The lowest BCUT2D eigenvalue weighted by molar-refractivity contribution is -0.153. The highest BCUT2D eigenvalue weighted by Gasteiger charge is 2.27. The molecule has 0 saturated heterocycles. The largest absolute Gasteiger partial charge is 0.472 e. The summed E-state index contributed by atoms with van der Waals surface area (Å²) >= 11 is 0. The number of esters is 2. The summed E-state index contributed by atoms with van der Waals surface area (Å²) in [6, 6.07) is 0. The minimum Gasteiger partial charge on any atom is -0.457 e. The fraction of sp³-hybridized carbons (Fsp3) is 0.689. The van der Waals surface area contributed by atoms with Gasteiger partial charge in [0, 0.05) is 12.8 Å². The lowest BCUT2D eigenvalue weighted by Gasteiger charge is -2.20. The number of rotatable bonds is 39. The molecule has 3 atom stereocenters. The van der Waals surface area contributed by atoms with Crippen molar-refractivity contribution < 1.29 is 47.8 Å². The summed E-state index contributed by atoms with van der Waals surface area (Å²) in [7, 11) is -4.66. The standard InChI is InChI=1S/C45H77O10P/c1-3-5-7-9-11-13-15-17-19-20-21-22-23-25-27-29-31-33-35-37-45(49)55-43(39-47)41-53-56(50,51)52-40-42(38-46)54-44(48)36-34-32-30-28-26-24-18-16-14-12-10-8-6-4-2/h5,7,11,13,17,19,21-22,25,27,31,33,42-43,46-47H,3-4,6,8-10,12,14-16,18,20,23-24,26,28-30,32,34-41H2,1-2H3,(H,50,51)/b7-5-,13-11-,19-17-,22-21-,27-25-,33-31-. The summed E-state index contributed by atoms with van der Waals surface area (Å²) in [5.74, 6) is -1.11. The molecule has 0 aromatic carbocycles. The average molecular weight is 809 g/mol. The Morgan fingerprint density at radius 2 is 0.839 bits per heavy atom. The number of carbonyl (C=O) groups excluding carboxylic acids is 2. The van der Waals surface area contributed by atoms with Gasteiger partial charge in [-0.3, -0.25) is 18.6 Å². The third-order valence-electron chi connectivity index (χ3n) is 8.70. The van der Waals surface area contributed by atoms with Gasteiger partial charge < -0.3 is 24.6 Å². The van der Waals surface area contributed by atoms with Crippen LogP contribution in [-0.2, 0) is 32.7 Å². The van der Waals surface area contributed by atoms with Gasteiger partial charge in [-0.15, -0.1) is 0 Å². The van der Waals surface area contributed by atoms with E-state index in [0.717, 1.165) is 57.8 Å². The van der Waals surface area contributed by atoms with E-state index in [2.05, 4.69) is 74.6 Å². The molecule has 0 aliphatic rings. The van der Waals surface area contributed by atoms with Crippen molar-refractivity contribution >= 4 is 19.8 Å². The Kier molecular flexibility index (Phi) is 38.7. The van der Waals surface area contributed by atoms with Crippen molar-refractivity contribution in [3.8, 4) is 0 Å². The van der Waals surface area contributed by atoms with E-state index >= 15 is 0 Å². The zero-order valence-corrected chi connectivity index (χ0v) is 35.7. The number of phosphoric acid groups is 1. The lowest BCUT2D eigenvalue weighted by Crippen LogP contribution is -2.28. The highest BCUT2D eigenvalue weighted by Crippen LogP contribution is 2.43. The lowest BCUT2D eigenvalue weighted by atomic mass is 10.0. The van der Waals surface area contributed by atoms with Crippen LogP contribution in [0.4, 0.5) is 0 Å². The van der Waals surface area contributed by atoms with Crippen LogP contribution in [0.15, 0.2) is 72.9 Å². The van der Waals surface area contributed by atoms with Gasteiger partial charge in [0.25, 0.3) is 0 Å². The molecule has 0 heterocycles. The molecule has 0 spiro atoms. The second-order valence-corrected chi connectivity index (χ2v) is 15.4. The van der Waals surface area contributed by atoms with Crippen molar-refractivity contribution in [3.05, 3.63) is 72.9 Å². The Morgan fingerprint density at radius 1 is 0.500 bits per heavy atom. The van der Waals surface area contributed by atoms with Gasteiger partial charge in [0.15, 0.2) is 0 Å². The number of unbranched alkanes of at least 4 members (excludes halogenated alkanes) is 13. The highest BCUT2D eigenvalue weighted by atomic mass is 31.2. The van der Waals surface area contributed by atoms with E-state index in [4.69, 9.17) is 18.5 Å². The zero-order chi connectivity index (χ0) is 41.2. The maximum atomic E-state index is 12.3. The molecule has 0 aromatic rings. The van der Waals surface area contributed by atoms with E-state index < -0.39 is 58.4 Å².